The predicted octanol–water partition coefficient (Wildman–Crippen LogP) is 4.57. The van der Waals surface area contributed by atoms with Crippen molar-refractivity contribution < 1.29 is 14.3 Å². The molecule has 0 fully saturated rings. The van der Waals surface area contributed by atoms with Gasteiger partial charge in [-0.15, -0.1) is 0 Å². The Hall–Kier alpha value is -3.42. The van der Waals surface area contributed by atoms with E-state index in [0.717, 1.165) is 21.6 Å². The number of aromatic nitrogens is 2. The van der Waals surface area contributed by atoms with Crippen LogP contribution in [0.4, 0.5) is 4.39 Å². The summed E-state index contributed by atoms with van der Waals surface area (Å²) in [6.45, 7) is 0.360. The largest absolute Gasteiger partial charge is 0.480 e. The molecule has 0 radical (unpaired) electrons. The molecule has 2 aromatic heterocycles. The number of hydrogen-bond donors (Lipinski definition) is 2. The van der Waals surface area contributed by atoms with E-state index in [4.69, 9.17) is 10.1 Å². The van der Waals surface area contributed by atoms with Gasteiger partial charge in [-0.1, -0.05) is 59.9 Å². The predicted molar refractivity (Wildman–Crippen MR) is 123 cm³/mol. The van der Waals surface area contributed by atoms with Gasteiger partial charge in [-0.2, -0.15) is 0 Å². The topological polar surface area (TPSA) is 75.1 Å². The van der Waals surface area contributed by atoms with E-state index in [1.165, 1.54) is 23.0 Å². The lowest BCUT2D eigenvalue weighted by molar-refractivity contribution is -0.135. The Morgan fingerprint density at radius 3 is 2.59 bits per heavy atom. The Bertz CT molecular complexity index is 1330. The highest BCUT2D eigenvalue weighted by molar-refractivity contribution is 7.21. The molecule has 0 unspecified atom stereocenters. The van der Waals surface area contributed by atoms with Gasteiger partial charge in [0, 0.05) is 5.56 Å². The quantitative estimate of drug-likeness (QED) is 0.307. The van der Waals surface area contributed by atoms with E-state index in [2.05, 4.69) is 34.6 Å². The molecule has 5 rings (SSSR count). The van der Waals surface area contributed by atoms with Gasteiger partial charge in [-0.3, -0.25) is 4.79 Å². The van der Waals surface area contributed by atoms with Crippen molar-refractivity contribution >= 4 is 27.7 Å². The fourth-order valence-corrected chi connectivity index (χ4v) is 4.75. The van der Waals surface area contributed by atoms with E-state index in [9.17, 15) is 9.18 Å². The third kappa shape index (κ3) is 3.92. The summed E-state index contributed by atoms with van der Waals surface area (Å²) in [5, 5.41) is 12.1. The zero-order chi connectivity index (χ0) is 22.1. The van der Waals surface area contributed by atoms with Crippen LogP contribution in [-0.2, 0) is 16.6 Å². The van der Waals surface area contributed by atoms with Crippen molar-refractivity contribution in [2.75, 3.05) is 13.1 Å². The van der Waals surface area contributed by atoms with Crippen LogP contribution >= 0.6 is 11.3 Å². The fraction of sp³-hybridized carbons (Fsp3) is 0.160. The Morgan fingerprint density at radius 1 is 1.06 bits per heavy atom. The molecule has 1 aliphatic carbocycles. The van der Waals surface area contributed by atoms with Crippen molar-refractivity contribution in [2.24, 2.45) is 0 Å². The number of carboxylic acids is 1. The van der Waals surface area contributed by atoms with Crippen LogP contribution in [0.25, 0.3) is 20.9 Å². The van der Waals surface area contributed by atoms with Gasteiger partial charge in [-0.05, 0) is 48.4 Å². The second-order valence-electron chi connectivity index (χ2n) is 7.74. The van der Waals surface area contributed by atoms with Crippen molar-refractivity contribution in [1.29, 1.82) is 0 Å². The number of nitrogens with one attached hydrogen (secondary N) is 1. The van der Waals surface area contributed by atoms with E-state index < -0.39 is 5.97 Å². The SMILES string of the molecule is O=C(O)CNCCc1ccc(-c2nc3ccc(C4(c5ccccc5)C=C4)nc3s2)c(F)c1. The molecule has 0 amide bonds. The number of rotatable bonds is 8. The number of allylic oxidation sites excluding steroid dienone is 2. The second-order valence-corrected chi connectivity index (χ2v) is 8.72. The third-order valence-corrected chi connectivity index (χ3v) is 6.56. The number of fused-ring (bicyclic) bond motifs is 1. The molecule has 2 heterocycles. The molecule has 5 nitrogen and oxygen atoms in total. The first kappa shape index (κ1) is 20.5. The van der Waals surface area contributed by atoms with E-state index in [1.807, 2.05) is 36.4 Å². The Labute approximate surface area is 188 Å². The number of halogens is 1. The maximum Gasteiger partial charge on any atom is 0.317 e. The Morgan fingerprint density at radius 2 is 1.88 bits per heavy atom. The summed E-state index contributed by atoms with van der Waals surface area (Å²) in [5.41, 5.74) is 3.85. The summed E-state index contributed by atoms with van der Waals surface area (Å²) in [7, 11) is 0. The van der Waals surface area contributed by atoms with Gasteiger partial charge in [0.2, 0.25) is 0 Å². The highest BCUT2D eigenvalue weighted by atomic mass is 32.1. The van der Waals surface area contributed by atoms with Gasteiger partial charge in [-0.25, -0.2) is 14.4 Å². The molecule has 0 bridgehead atoms. The molecule has 0 saturated heterocycles. The van der Waals surface area contributed by atoms with Crippen LogP contribution in [0.2, 0.25) is 0 Å². The highest BCUT2D eigenvalue weighted by Gasteiger charge is 2.39. The minimum atomic E-state index is -0.911. The standard InChI is InChI=1S/C25H20FN3O2S/c26-19-14-16(10-13-27-15-22(30)31)6-7-18(19)23-28-20-8-9-21(29-24(20)32-23)25(11-12-25)17-4-2-1-3-5-17/h1-9,11-12,14,27H,10,13,15H2,(H,30,31). The van der Waals surface area contributed by atoms with Gasteiger partial charge >= 0.3 is 5.97 Å². The van der Waals surface area contributed by atoms with E-state index in [1.54, 1.807) is 6.07 Å². The molecule has 0 spiro atoms. The summed E-state index contributed by atoms with van der Waals surface area (Å²) in [5.74, 6) is -1.25. The number of aliphatic carboxylic acids is 1. The average Bonchev–Trinajstić information content (AvgIpc) is 3.50. The van der Waals surface area contributed by atoms with Crippen LogP contribution < -0.4 is 5.32 Å². The van der Waals surface area contributed by atoms with Gasteiger partial charge in [0.05, 0.1) is 17.7 Å². The number of carboxylic acid groups (broad SMARTS) is 1. The molecule has 160 valence electrons. The lowest BCUT2D eigenvalue weighted by Crippen LogP contribution is -2.24. The maximum atomic E-state index is 14.8. The smallest absolute Gasteiger partial charge is 0.317 e. The van der Waals surface area contributed by atoms with Crippen LogP contribution in [0.3, 0.4) is 0 Å². The summed E-state index contributed by atoms with van der Waals surface area (Å²) in [4.78, 5) is 20.8. The minimum absolute atomic E-state index is 0.109. The molecule has 0 atom stereocenters. The third-order valence-electron chi connectivity index (χ3n) is 5.56. The molecule has 4 aromatic rings. The van der Waals surface area contributed by atoms with Crippen LogP contribution in [0.1, 0.15) is 16.8 Å². The second kappa shape index (κ2) is 8.26. The number of pyridine rings is 1. The number of thiazole rings is 1. The molecule has 7 heteroatoms. The first-order valence-corrected chi connectivity index (χ1v) is 11.1. The molecule has 1 aliphatic rings. The average molecular weight is 446 g/mol. The van der Waals surface area contributed by atoms with Crippen LogP contribution in [0, 0.1) is 5.82 Å². The van der Waals surface area contributed by atoms with Crippen LogP contribution in [0.15, 0.2) is 72.8 Å². The minimum Gasteiger partial charge on any atom is -0.480 e. The van der Waals surface area contributed by atoms with Gasteiger partial charge in [0.1, 0.15) is 21.2 Å². The van der Waals surface area contributed by atoms with Crippen LogP contribution in [-0.4, -0.2) is 34.1 Å². The molecule has 0 saturated carbocycles. The molecule has 32 heavy (non-hydrogen) atoms. The number of carbonyl (C=O) groups is 1. The maximum absolute atomic E-state index is 14.8. The first-order chi connectivity index (χ1) is 15.5. The van der Waals surface area contributed by atoms with Gasteiger partial charge in [0.25, 0.3) is 0 Å². The van der Waals surface area contributed by atoms with Crippen molar-refractivity contribution in [3.63, 3.8) is 0 Å². The van der Waals surface area contributed by atoms with Crippen molar-refractivity contribution in [2.45, 2.75) is 11.8 Å². The monoisotopic (exact) mass is 445 g/mol. The molecule has 2 aromatic carbocycles. The molecule has 2 N–H and O–H groups in total. The number of nitrogens with zero attached hydrogens (tertiary/aromatic N) is 2. The number of hydrogen-bond acceptors (Lipinski definition) is 5. The first-order valence-electron chi connectivity index (χ1n) is 10.3. The molecular weight excluding hydrogens is 425 g/mol. The van der Waals surface area contributed by atoms with Crippen molar-refractivity contribution in [1.82, 2.24) is 15.3 Å². The summed E-state index contributed by atoms with van der Waals surface area (Å²) < 4.78 is 14.8. The van der Waals surface area contributed by atoms with E-state index >= 15 is 0 Å². The van der Waals surface area contributed by atoms with E-state index in [0.29, 0.717) is 23.5 Å². The summed E-state index contributed by atoms with van der Waals surface area (Å²) in [6.07, 6.45) is 4.83. The zero-order valence-corrected chi connectivity index (χ0v) is 17.9. The van der Waals surface area contributed by atoms with Crippen LogP contribution in [0.5, 0.6) is 0 Å². The zero-order valence-electron chi connectivity index (χ0n) is 17.1. The van der Waals surface area contributed by atoms with Crippen molar-refractivity contribution in [3.8, 4) is 10.6 Å². The summed E-state index contributed by atoms with van der Waals surface area (Å²) in [6, 6.07) is 19.2. The molecule has 0 aliphatic heterocycles. The van der Waals surface area contributed by atoms with Gasteiger partial charge in [0.15, 0.2) is 0 Å². The lowest BCUT2D eigenvalue weighted by Gasteiger charge is -2.15. The van der Waals surface area contributed by atoms with Gasteiger partial charge < -0.3 is 10.4 Å². The van der Waals surface area contributed by atoms with Crippen molar-refractivity contribution in [3.05, 3.63) is 95.5 Å². The Kier molecular flexibility index (Phi) is 5.28. The number of benzene rings is 2. The lowest BCUT2D eigenvalue weighted by atomic mass is 9.89. The Balaban J connectivity index is 1.38. The summed E-state index contributed by atoms with van der Waals surface area (Å²) >= 11 is 1.38. The fourth-order valence-electron chi connectivity index (χ4n) is 3.79. The normalized spacial score (nSPS) is 14.0. The molecular formula is C25H20FN3O2S. The van der Waals surface area contributed by atoms with E-state index in [-0.39, 0.29) is 17.8 Å². The highest BCUT2D eigenvalue weighted by Crippen LogP contribution is 2.45.